The Balaban J connectivity index is 1.92. The van der Waals surface area contributed by atoms with Crippen LogP contribution in [0.1, 0.15) is 44.1 Å². The van der Waals surface area contributed by atoms with E-state index in [9.17, 15) is 18.0 Å². The molecule has 0 spiro atoms. The van der Waals surface area contributed by atoms with E-state index in [1.54, 1.807) is 23.9 Å². The molecule has 2 rings (SSSR count). The number of aryl methyl sites for hydroxylation is 1. The monoisotopic (exact) mass is 455 g/mol. The molecule has 1 aromatic carbocycles. The van der Waals surface area contributed by atoms with Crippen molar-refractivity contribution in [2.45, 2.75) is 56.4 Å². The van der Waals surface area contributed by atoms with Crippen LogP contribution in [0.5, 0.6) is 0 Å². The first kappa shape index (κ1) is 24.7. The van der Waals surface area contributed by atoms with E-state index >= 15 is 0 Å². The molecule has 168 valence electrons. The second-order valence-electron chi connectivity index (χ2n) is 7.60. The molecule has 0 bridgehead atoms. The summed E-state index contributed by atoms with van der Waals surface area (Å²) in [5, 5.41) is 2.74. The molecule has 1 unspecified atom stereocenters. The lowest BCUT2D eigenvalue weighted by Crippen LogP contribution is -2.47. The largest absolute Gasteiger partial charge is 0.354 e. The number of thioether (sulfide) groups is 1. The van der Waals surface area contributed by atoms with Crippen LogP contribution in [0.4, 0.5) is 0 Å². The van der Waals surface area contributed by atoms with Crippen molar-refractivity contribution in [2.75, 3.05) is 31.6 Å². The average Bonchev–Trinajstić information content (AvgIpc) is 3.01. The Morgan fingerprint density at radius 2 is 1.73 bits per heavy atom. The van der Waals surface area contributed by atoms with Crippen molar-refractivity contribution in [1.29, 1.82) is 0 Å². The fourth-order valence-corrected chi connectivity index (χ4v) is 5.05. The van der Waals surface area contributed by atoms with Crippen molar-refractivity contribution >= 4 is 33.6 Å². The lowest BCUT2D eigenvalue weighted by Gasteiger charge is -2.21. The van der Waals surface area contributed by atoms with Crippen LogP contribution in [0.3, 0.4) is 0 Å². The number of nitrogens with zero attached hydrogens (tertiary/aromatic N) is 1. The Bertz CT molecular complexity index is 789. The summed E-state index contributed by atoms with van der Waals surface area (Å²) >= 11 is 1.55. The first-order chi connectivity index (χ1) is 14.3. The van der Waals surface area contributed by atoms with Gasteiger partial charge in [0.1, 0.15) is 6.04 Å². The molecule has 2 N–H and O–H groups in total. The number of amides is 2. The molecule has 30 heavy (non-hydrogen) atoms. The zero-order valence-electron chi connectivity index (χ0n) is 17.9. The summed E-state index contributed by atoms with van der Waals surface area (Å²) in [7, 11) is -3.81. The molecular formula is C21H33N3O4S2. The van der Waals surface area contributed by atoms with Crippen molar-refractivity contribution in [3.8, 4) is 0 Å². The average molecular weight is 456 g/mol. The highest BCUT2D eigenvalue weighted by atomic mass is 32.2. The molecule has 0 radical (unpaired) electrons. The van der Waals surface area contributed by atoms with E-state index in [1.807, 2.05) is 18.1 Å². The molecule has 1 fully saturated rings. The maximum atomic E-state index is 12.7. The number of benzene rings is 1. The molecule has 9 heteroatoms. The highest BCUT2D eigenvalue weighted by molar-refractivity contribution is 7.98. The third-order valence-electron chi connectivity index (χ3n) is 5.15. The molecule has 1 saturated heterocycles. The molecule has 2 amide bonds. The van der Waals surface area contributed by atoms with Gasteiger partial charge in [-0.3, -0.25) is 9.59 Å². The zero-order chi connectivity index (χ0) is 22.0. The van der Waals surface area contributed by atoms with Gasteiger partial charge in [0.05, 0.1) is 4.90 Å². The summed E-state index contributed by atoms with van der Waals surface area (Å²) in [6.45, 7) is 3.64. The van der Waals surface area contributed by atoms with Crippen LogP contribution in [0, 0.1) is 6.92 Å². The van der Waals surface area contributed by atoms with Gasteiger partial charge < -0.3 is 10.2 Å². The Morgan fingerprint density at radius 3 is 2.33 bits per heavy atom. The van der Waals surface area contributed by atoms with E-state index in [2.05, 4.69) is 10.0 Å². The van der Waals surface area contributed by atoms with Crippen molar-refractivity contribution in [1.82, 2.24) is 14.9 Å². The molecule has 0 aromatic heterocycles. The highest BCUT2D eigenvalue weighted by Crippen LogP contribution is 2.13. The van der Waals surface area contributed by atoms with E-state index < -0.39 is 22.0 Å². The predicted molar refractivity (Wildman–Crippen MR) is 121 cm³/mol. The minimum Gasteiger partial charge on any atom is -0.354 e. The SMILES string of the molecule is CSCCC(NS(=O)(=O)c1ccc(C)cc1)C(=O)NCCC(=O)N1CCCCCC1. The number of hydrogen-bond donors (Lipinski definition) is 2. The summed E-state index contributed by atoms with van der Waals surface area (Å²) < 4.78 is 27.9. The van der Waals surface area contributed by atoms with Crippen LogP contribution in [-0.4, -0.2) is 62.8 Å². The molecule has 1 aromatic rings. The molecule has 1 aliphatic heterocycles. The predicted octanol–water partition coefficient (Wildman–Crippen LogP) is 2.30. The summed E-state index contributed by atoms with van der Waals surface area (Å²) in [6, 6.07) is 5.62. The second-order valence-corrected chi connectivity index (χ2v) is 10.3. The number of nitrogens with one attached hydrogen (secondary N) is 2. The topological polar surface area (TPSA) is 95.6 Å². The molecule has 1 atom stereocenters. The first-order valence-corrected chi connectivity index (χ1v) is 13.3. The maximum Gasteiger partial charge on any atom is 0.241 e. The van der Waals surface area contributed by atoms with Crippen LogP contribution in [0.2, 0.25) is 0 Å². The van der Waals surface area contributed by atoms with Crippen molar-refractivity contribution in [3.05, 3.63) is 29.8 Å². The Morgan fingerprint density at radius 1 is 1.10 bits per heavy atom. The van der Waals surface area contributed by atoms with Gasteiger partial charge in [-0.2, -0.15) is 16.5 Å². The quantitative estimate of drug-likeness (QED) is 0.564. The molecular weight excluding hydrogens is 422 g/mol. The van der Waals surface area contributed by atoms with Crippen LogP contribution in [-0.2, 0) is 19.6 Å². The second kappa shape index (κ2) is 12.3. The highest BCUT2D eigenvalue weighted by Gasteiger charge is 2.25. The summed E-state index contributed by atoms with van der Waals surface area (Å²) in [5.74, 6) is 0.280. The normalized spacial score (nSPS) is 16.0. The molecule has 1 aliphatic rings. The minimum atomic E-state index is -3.81. The summed E-state index contributed by atoms with van der Waals surface area (Å²) in [4.78, 5) is 27.0. The van der Waals surface area contributed by atoms with Crippen molar-refractivity contribution in [2.24, 2.45) is 0 Å². The molecule has 0 aliphatic carbocycles. The van der Waals surface area contributed by atoms with E-state index in [0.717, 1.165) is 44.3 Å². The molecule has 7 nitrogen and oxygen atoms in total. The van der Waals surface area contributed by atoms with Gasteiger partial charge in [-0.15, -0.1) is 0 Å². The number of hydrogen-bond acceptors (Lipinski definition) is 5. The first-order valence-electron chi connectivity index (χ1n) is 10.5. The number of sulfonamides is 1. The van der Waals surface area contributed by atoms with Gasteiger partial charge in [-0.25, -0.2) is 8.42 Å². The van der Waals surface area contributed by atoms with Crippen LogP contribution in [0.15, 0.2) is 29.2 Å². The van der Waals surface area contributed by atoms with Crippen LogP contribution < -0.4 is 10.0 Å². The Labute approximate surface area is 184 Å². The van der Waals surface area contributed by atoms with Crippen LogP contribution >= 0.6 is 11.8 Å². The Kier molecular flexibility index (Phi) is 10.1. The van der Waals surface area contributed by atoms with Gasteiger partial charge >= 0.3 is 0 Å². The van der Waals surface area contributed by atoms with Gasteiger partial charge in [0.2, 0.25) is 21.8 Å². The number of carbonyl (C=O) groups excluding carboxylic acids is 2. The van der Waals surface area contributed by atoms with Gasteiger partial charge in [0.15, 0.2) is 0 Å². The molecule has 0 saturated carbocycles. The maximum absolute atomic E-state index is 12.7. The van der Waals surface area contributed by atoms with E-state index in [0.29, 0.717) is 12.2 Å². The minimum absolute atomic E-state index is 0.0399. The fraction of sp³-hybridized carbons (Fsp3) is 0.619. The number of likely N-dealkylation sites (tertiary alicyclic amines) is 1. The van der Waals surface area contributed by atoms with Crippen LogP contribution in [0.25, 0.3) is 0 Å². The lowest BCUT2D eigenvalue weighted by atomic mass is 10.2. The standard InChI is InChI=1S/C21H33N3O4S2/c1-17-7-9-18(10-8-17)30(27,28)23-19(12-16-29-2)21(26)22-13-11-20(25)24-14-5-3-4-6-15-24/h7-10,19,23H,3-6,11-16H2,1-2H3,(H,22,26). The van der Waals surface area contributed by atoms with Crippen molar-refractivity contribution in [3.63, 3.8) is 0 Å². The summed E-state index contributed by atoms with van der Waals surface area (Å²) in [6.07, 6.45) is 6.86. The fourth-order valence-electron chi connectivity index (χ4n) is 3.35. The van der Waals surface area contributed by atoms with E-state index in [-0.39, 0.29) is 23.8 Å². The van der Waals surface area contributed by atoms with Gasteiger partial charge in [0.25, 0.3) is 0 Å². The van der Waals surface area contributed by atoms with Gasteiger partial charge in [-0.1, -0.05) is 30.5 Å². The third kappa shape index (κ3) is 7.92. The van der Waals surface area contributed by atoms with E-state index in [4.69, 9.17) is 0 Å². The molecule has 1 heterocycles. The number of carbonyl (C=O) groups is 2. The van der Waals surface area contributed by atoms with E-state index in [1.165, 1.54) is 12.1 Å². The third-order valence-corrected chi connectivity index (χ3v) is 7.28. The lowest BCUT2D eigenvalue weighted by molar-refractivity contribution is -0.131. The Hall–Kier alpha value is -1.58. The zero-order valence-corrected chi connectivity index (χ0v) is 19.5. The number of rotatable bonds is 10. The van der Waals surface area contributed by atoms with Crippen molar-refractivity contribution < 1.29 is 18.0 Å². The summed E-state index contributed by atoms with van der Waals surface area (Å²) in [5.41, 5.74) is 0.958. The van der Waals surface area contributed by atoms with Gasteiger partial charge in [0, 0.05) is 26.1 Å². The van der Waals surface area contributed by atoms with Gasteiger partial charge in [-0.05, 0) is 50.3 Å². The smallest absolute Gasteiger partial charge is 0.241 e.